The molecule has 3 fully saturated rings. The zero-order valence-electron chi connectivity index (χ0n) is 12.8. The second-order valence-corrected chi connectivity index (χ2v) is 7.42. The molecular formula is C16H31N3. The summed E-state index contributed by atoms with van der Waals surface area (Å²) in [6, 6.07) is 1.60. The van der Waals surface area contributed by atoms with Crippen molar-refractivity contribution in [3.8, 4) is 0 Å². The van der Waals surface area contributed by atoms with E-state index < -0.39 is 0 Å². The van der Waals surface area contributed by atoms with Crippen molar-refractivity contribution in [3.63, 3.8) is 0 Å². The van der Waals surface area contributed by atoms with E-state index in [9.17, 15) is 0 Å². The van der Waals surface area contributed by atoms with Crippen molar-refractivity contribution in [3.05, 3.63) is 0 Å². The predicted octanol–water partition coefficient (Wildman–Crippen LogP) is 2.06. The number of hydrogen-bond donors (Lipinski definition) is 1. The molecule has 1 heterocycles. The monoisotopic (exact) mass is 265 g/mol. The minimum Gasteiger partial charge on any atom is -0.329 e. The summed E-state index contributed by atoms with van der Waals surface area (Å²) in [6.07, 6.45) is 9.86. The van der Waals surface area contributed by atoms with E-state index in [1.807, 2.05) is 0 Å². The Morgan fingerprint density at radius 1 is 1.21 bits per heavy atom. The van der Waals surface area contributed by atoms with Gasteiger partial charge in [-0.25, -0.2) is 0 Å². The molecule has 2 unspecified atom stereocenters. The average Bonchev–Trinajstić information content (AvgIpc) is 3.00. The summed E-state index contributed by atoms with van der Waals surface area (Å²) < 4.78 is 0. The van der Waals surface area contributed by atoms with Crippen molar-refractivity contribution in [1.82, 2.24) is 9.80 Å². The van der Waals surface area contributed by atoms with Gasteiger partial charge >= 0.3 is 0 Å². The summed E-state index contributed by atoms with van der Waals surface area (Å²) in [7, 11) is 2.33. The summed E-state index contributed by atoms with van der Waals surface area (Å²) in [5, 5.41) is 0. The van der Waals surface area contributed by atoms with Crippen LogP contribution in [0.5, 0.6) is 0 Å². The van der Waals surface area contributed by atoms with Crippen molar-refractivity contribution in [2.24, 2.45) is 11.7 Å². The lowest BCUT2D eigenvalue weighted by atomic mass is 9.93. The zero-order valence-corrected chi connectivity index (χ0v) is 12.8. The second-order valence-electron chi connectivity index (χ2n) is 7.42. The zero-order chi connectivity index (χ0) is 13.5. The van der Waals surface area contributed by atoms with Gasteiger partial charge in [0.15, 0.2) is 0 Å². The standard InChI is InChI=1S/C16H31N3/c1-13-9-16(11-17,12-19(13)15-7-8-15)18(2)10-14-5-3-4-6-14/h13-15H,3-12,17H2,1-2H3. The first-order valence-corrected chi connectivity index (χ1v) is 8.32. The molecule has 1 aliphatic heterocycles. The SMILES string of the molecule is CC1CC(CN)(N(C)CC2CCCC2)CN1C1CC1. The number of likely N-dealkylation sites (N-methyl/N-ethyl adjacent to an activating group) is 1. The van der Waals surface area contributed by atoms with Crippen LogP contribution in [0.15, 0.2) is 0 Å². The first kappa shape index (κ1) is 13.8. The second kappa shape index (κ2) is 5.34. The Hall–Kier alpha value is -0.120. The molecule has 2 aliphatic carbocycles. The minimum atomic E-state index is 0.255. The molecule has 0 aromatic rings. The Morgan fingerprint density at radius 2 is 1.89 bits per heavy atom. The molecule has 0 aromatic heterocycles. The normalized spacial score (nSPS) is 37.6. The van der Waals surface area contributed by atoms with Crippen LogP contribution in [-0.4, -0.2) is 54.1 Å². The highest BCUT2D eigenvalue weighted by Gasteiger charge is 2.48. The van der Waals surface area contributed by atoms with Gasteiger partial charge < -0.3 is 5.73 Å². The smallest absolute Gasteiger partial charge is 0.0470 e. The van der Waals surface area contributed by atoms with E-state index in [4.69, 9.17) is 5.73 Å². The van der Waals surface area contributed by atoms with Gasteiger partial charge in [-0.3, -0.25) is 9.80 Å². The lowest BCUT2D eigenvalue weighted by molar-refractivity contribution is 0.109. The van der Waals surface area contributed by atoms with Crippen LogP contribution >= 0.6 is 0 Å². The van der Waals surface area contributed by atoms with Gasteiger partial charge in [0.05, 0.1) is 0 Å². The van der Waals surface area contributed by atoms with E-state index in [0.717, 1.165) is 24.5 Å². The van der Waals surface area contributed by atoms with Crippen LogP contribution < -0.4 is 5.73 Å². The van der Waals surface area contributed by atoms with Crippen molar-refractivity contribution in [2.45, 2.75) is 69.5 Å². The van der Waals surface area contributed by atoms with Gasteiger partial charge in [-0.15, -0.1) is 0 Å². The van der Waals surface area contributed by atoms with Crippen LogP contribution in [0.4, 0.5) is 0 Å². The molecule has 0 aromatic carbocycles. The lowest BCUT2D eigenvalue weighted by Gasteiger charge is -2.39. The molecule has 0 amide bonds. The maximum atomic E-state index is 6.22. The number of likely N-dealkylation sites (tertiary alicyclic amines) is 1. The summed E-state index contributed by atoms with van der Waals surface area (Å²) in [4.78, 5) is 5.36. The molecular weight excluding hydrogens is 234 g/mol. The third kappa shape index (κ3) is 2.70. The molecule has 0 spiro atoms. The molecule has 0 bridgehead atoms. The molecule has 0 radical (unpaired) electrons. The molecule has 3 rings (SSSR count). The quantitative estimate of drug-likeness (QED) is 0.826. The fourth-order valence-electron chi connectivity index (χ4n) is 4.48. The third-order valence-corrected chi connectivity index (χ3v) is 5.93. The number of nitrogens with zero attached hydrogens (tertiary/aromatic N) is 2. The lowest BCUT2D eigenvalue weighted by Crippen LogP contribution is -2.55. The first-order chi connectivity index (χ1) is 9.14. The van der Waals surface area contributed by atoms with Crippen molar-refractivity contribution in [2.75, 3.05) is 26.7 Å². The van der Waals surface area contributed by atoms with Gasteiger partial charge in [-0.05, 0) is 52.0 Å². The Kier molecular flexibility index (Phi) is 3.89. The van der Waals surface area contributed by atoms with Gasteiger partial charge in [0.1, 0.15) is 0 Å². The molecule has 2 N–H and O–H groups in total. The van der Waals surface area contributed by atoms with Crippen molar-refractivity contribution < 1.29 is 0 Å². The molecule has 110 valence electrons. The van der Waals surface area contributed by atoms with Crippen LogP contribution in [0, 0.1) is 5.92 Å². The fraction of sp³-hybridized carbons (Fsp3) is 1.00. The number of rotatable bonds is 5. The number of nitrogens with two attached hydrogens (primary N) is 1. The summed E-state index contributed by atoms with van der Waals surface area (Å²) in [5.74, 6) is 0.929. The summed E-state index contributed by atoms with van der Waals surface area (Å²) >= 11 is 0. The Balaban J connectivity index is 1.64. The first-order valence-electron chi connectivity index (χ1n) is 8.32. The van der Waals surface area contributed by atoms with Gasteiger partial charge in [-0.2, -0.15) is 0 Å². The molecule has 3 heteroatoms. The molecule has 1 saturated heterocycles. The highest BCUT2D eigenvalue weighted by Crippen LogP contribution is 2.39. The van der Waals surface area contributed by atoms with Gasteiger partial charge in [-0.1, -0.05) is 12.8 Å². The van der Waals surface area contributed by atoms with Crippen LogP contribution in [0.1, 0.15) is 51.9 Å². The summed E-state index contributed by atoms with van der Waals surface area (Å²) in [6.45, 7) is 5.70. The van der Waals surface area contributed by atoms with Crippen LogP contribution in [0.25, 0.3) is 0 Å². The molecule has 3 aliphatic rings. The molecule has 2 atom stereocenters. The van der Waals surface area contributed by atoms with Crippen LogP contribution in [0.2, 0.25) is 0 Å². The van der Waals surface area contributed by atoms with Gasteiger partial charge in [0.25, 0.3) is 0 Å². The van der Waals surface area contributed by atoms with Gasteiger partial charge in [0, 0.05) is 37.3 Å². The van der Waals surface area contributed by atoms with E-state index >= 15 is 0 Å². The highest BCUT2D eigenvalue weighted by atomic mass is 15.3. The molecule has 3 nitrogen and oxygen atoms in total. The highest BCUT2D eigenvalue weighted by molar-refractivity contribution is 5.06. The Labute approximate surface area is 118 Å². The maximum Gasteiger partial charge on any atom is 0.0470 e. The molecule has 2 saturated carbocycles. The van der Waals surface area contributed by atoms with E-state index in [2.05, 4.69) is 23.8 Å². The predicted molar refractivity (Wildman–Crippen MR) is 80.2 cm³/mol. The van der Waals surface area contributed by atoms with E-state index in [0.29, 0.717) is 0 Å². The van der Waals surface area contributed by atoms with Crippen LogP contribution in [0.3, 0.4) is 0 Å². The van der Waals surface area contributed by atoms with Crippen molar-refractivity contribution >= 4 is 0 Å². The fourth-order valence-corrected chi connectivity index (χ4v) is 4.48. The Morgan fingerprint density at radius 3 is 2.47 bits per heavy atom. The topological polar surface area (TPSA) is 32.5 Å². The average molecular weight is 265 g/mol. The van der Waals surface area contributed by atoms with E-state index in [-0.39, 0.29) is 5.54 Å². The largest absolute Gasteiger partial charge is 0.329 e. The number of hydrogen-bond acceptors (Lipinski definition) is 3. The summed E-state index contributed by atoms with van der Waals surface area (Å²) in [5.41, 5.74) is 6.48. The third-order valence-electron chi connectivity index (χ3n) is 5.93. The minimum absolute atomic E-state index is 0.255. The van der Waals surface area contributed by atoms with E-state index in [1.54, 1.807) is 0 Å². The van der Waals surface area contributed by atoms with E-state index in [1.165, 1.54) is 58.0 Å². The van der Waals surface area contributed by atoms with Crippen LogP contribution in [-0.2, 0) is 0 Å². The maximum absolute atomic E-state index is 6.22. The molecule has 19 heavy (non-hydrogen) atoms. The Bertz CT molecular complexity index is 309. The van der Waals surface area contributed by atoms with Gasteiger partial charge in [0.2, 0.25) is 0 Å². The van der Waals surface area contributed by atoms with Crippen molar-refractivity contribution in [1.29, 1.82) is 0 Å².